The Kier molecular flexibility index (Phi) is 3.76. The molecule has 0 spiro atoms. The van der Waals surface area contributed by atoms with Crippen LogP contribution in [0.4, 0.5) is 10.5 Å². The second-order valence-corrected chi connectivity index (χ2v) is 5.82. The summed E-state index contributed by atoms with van der Waals surface area (Å²) in [6.07, 6.45) is 1.87. The van der Waals surface area contributed by atoms with Crippen LogP contribution < -0.4 is 0 Å². The highest BCUT2D eigenvalue weighted by Gasteiger charge is 2.21. The molecule has 1 aromatic carbocycles. The van der Waals surface area contributed by atoms with Gasteiger partial charge in [-0.3, -0.25) is 14.7 Å². The maximum atomic E-state index is 12.2. The van der Waals surface area contributed by atoms with E-state index < -0.39 is 16.6 Å². The van der Waals surface area contributed by atoms with E-state index in [4.69, 9.17) is 4.74 Å². The molecule has 0 saturated heterocycles. The van der Waals surface area contributed by atoms with Crippen LogP contribution in [-0.4, -0.2) is 29.0 Å². The number of nitro benzene ring substituents is 1. The van der Waals surface area contributed by atoms with E-state index in [-0.39, 0.29) is 5.69 Å². The molecule has 0 radical (unpaired) electrons. The van der Waals surface area contributed by atoms with Gasteiger partial charge in [0.2, 0.25) is 0 Å². The number of aromatic nitrogens is 1. The number of carbonyl (C=O) groups is 1. The zero-order chi connectivity index (χ0) is 15.8. The van der Waals surface area contributed by atoms with Gasteiger partial charge in [0.15, 0.2) is 0 Å². The molecule has 1 aromatic heterocycles. The number of hydrogen-bond donors (Lipinski definition) is 0. The van der Waals surface area contributed by atoms with Gasteiger partial charge in [-0.25, -0.2) is 4.79 Å². The Hall–Kier alpha value is -2.31. The average Bonchev–Trinajstić information content (AvgIpc) is 2.74. The van der Waals surface area contributed by atoms with Crippen LogP contribution in [0.25, 0.3) is 10.9 Å². The summed E-state index contributed by atoms with van der Waals surface area (Å²) >= 11 is 0. The third-order valence-electron chi connectivity index (χ3n) is 3.05. The van der Waals surface area contributed by atoms with Crippen molar-refractivity contribution in [2.45, 2.75) is 32.7 Å². The zero-order valence-electron chi connectivity index (χ0n) is 12.5. The largest absolute Gasteiger partial charge is 0.443 e. The number of rotatable bonds is 2. The molecular formula is C14H17BN2O4. The number of benzene rings is 1. The van der Waals surface area contributed by atoms with Gasteiger partial charge < -0.3 is 4.74 Å². The van der Waals surface area contributed by atoms with Gasteiger partial charge in [0.1, 0.15) is 13.4 Å². The van der Waals surface area contributed by atoms with Crippen LogP contribution in [0.15, 0.2) is 24.4 Å². The van der Waals surface area contributed by atoms with Gasteiger partial charge in [0, 0.05) is 23.7 Å². The smallest absolute Gasteiger partial charge is 0.418 e. The van der Waals surface area contributed by atoms with Crippen molar-refractivity contribution in [1.29, 1.82) is 0 Å². The molecule has 7 heteroatoms. The van der Waals surface area contributed by atoms with Crippen LogP contribution in [0, 0.1) is 10.1 Å². The zero-order valence-corrected chi connectivity index (χ0v) is 12.5. The molecule has 0 aliphatic carbocycles. The van der Waals surface area contributed by atoms with Gasteiger partial charge >= 0.3 is 6.09 Å². The van der Waals surface area contributed by atoms with E-state index in [1.165, 1.54) is 16.7 Å². The maximum absolute atomic E-state index is 12.2. The second kappa shape index (κ2) is 5.23. The molecule has 0 unspecified atom stereocenters. The summed E-state index contributed by atoms with van der Waals surface area (Å²) in [4.78, 5) is 22.7. The van der Waals surface area contributed by atoms with Crippen LogP contribution >= 0.6 is 0 Å². The number of nitrogens with zero attached hydrogens (tertiary/aromatic N) is 2. The summed E-state index contributed by atoms with van der Waals surface area (Å²) in [6.45, 7) is 5.38. The van der Waals surface area contributed by atoms with Crippen molar-refractivity contribution in [2.75, 3.05) is 0 Å². The standard InChI is InChI=1S/C14H17BN2O4/c1-14(2,3)21-13(18)16-8-9(7-15)11-6-10(17(19)20)4-5-12(11)16/h4-6,8H,7,15H2,1-3H3. The molecule has 6 nitrogen and oxygen atoms in total. The number of non-ortho nitro benzene ring substituents is 1. The minimum absolute atomic E-state index is 0.0131. The first kappa shape index (κ1) is 15.1. The SMILES string of the molecule is BCc1cn(C(=O)OC(C)(C)C)c2ccc([N+](=O)[O-])cc12. The molecular weight excluding hydrogens is 271 g/mol. The number of ether oxygens (including phenoxy) is 1. The summed E-state index contributed by atoms with van der Waals surface area (Å²) in [6, 6.07) is 4.47. The first-order chi connectivity index (χ1) is 9.73. The predicted molar refractivity (Wildman–Crippen MR) is 82.5 cm³/mol. The highest BCUT2D eigenvalue weighted by Crippen LogP contribution is 2.27. The molecule has 0 N–H and O–H groups in total. The highest BCUT2D eigenvalue weighted by molar-refractivity contribution is 6.10. The molecule has 0 bridgehead atoms. The molecule has 0 aliphatic heterocycles. The van der Waals surface area contributed by atoms with Crippen LogP contribution in [0.3, 0.4) is 0 Å². The van der Waals surface area contributed by atoms with Crippen molar-refractivity contribution in [3.05, 3.63) is 40.1 Å². The fourth-order valence-corrected chi connectivity index (χ4v) is 2.14. The van der Waals surface area contributed by atoms with Gasteiger partial charge in [-0.1, -0.05) is 6.32 Å². The number of hydrogen-bond acceptors (Lipinski definition) is 4. The lowest BCUT2D eigenvalue weighted by molar-refractivity contribution is -0.384. The molecule has 0 aliphatic rings. The van der Waals surface area contributed by atoms with Gasteiger partial charge in [0.25, 0.3) is 5.69 Å². The fourth-order valence-electron chi connectivity index (χ4n) is 2.14. The van der Waals surface area contributed by atoms with Gasteiger partial charge in [-0.2, -0.15) is 0 Å². The first-order valence-corrected chi connectivity index (χ1v) is 6.74. The topological polar surface area (TPSA) is 74.4 Å². The molecule has 0 fully saturated rings. The lowest BCUT2D eigenvalue weighted by atomic mass is 9.96. The molecule has 2 aromatic rings. The quantitative estimate of drug-likeness (QED) is 0.483. The van der Waals surface area contributed by atoms with E-state index in [1.54, 1.807) is 33.0 Å². The van der Waals surface area contributed by atoms with Crippen molar-refractivity contribution in [1.82, 2.24) is 4.57 Å². The minimum Gasteiger partial charge on any atom is -0.443 e. The van der Waals surface area contributed by atoms with Crippen molar-refractivity contribution < 1.29 is 14.5 Å². The molecule has 1 heterocycles. The normalized spacial score (nSPS) is 11.6. The summed E-state index contributed by atoms with van der Waals surface area (Å²) in [5.74, 6) is 0. The van der Waals surface area contributed by atoms with Crippen LogP contribution in [0.2, 0.25) is 0 Å². The summed E-state index contributed by atoms with van der Waals surface area (Å²) < 4.78 is 6.76. The van der Waals surface area contributed by atoms with Crippen LogP contribution in [-0.2, 0) is 11.1 Å². The highest BCUT2D eigenvalue weighted by atomic mass is 16.6. The van der Waals surface area contributed by atoms with Crippen molar-refractivity contribution in [3.8, 4) is 0 Å². The van der Waals surface area contributed by atoms with E-state index in [2.05, 4.69) is 0 Å². The average molecular weight is 288 g/mol. The summed E-state index contributed by atoms with van der Waals surface area (Å²) in [7, 11) is 1.94. The molecule has 0 atom stereocenters. The Balaban J connectivity index is 2.56. The molecule has 0 saturated carbocycles. The predicted octanol–water partition coefficient (Wildman–Crippen LogP) is 2.47. The third-order valence-corrected chi connectivity index (χ3v) is 3.05. The summed E-state index contributed by atoms with van der Waals surface area (Å²) in [5, 5.41) is 11.6. The Morgan fingerprint density at radius 1 is 1.43 bits per heavy atom. The van der Waals surface area contributed by atoms with Gasteiger partial charge in [0.05, 0.1) is 10.4 Å². The lowest BCUT2D eigenvalue weighted by Gasteiger charge is -2.19. The van der Waals surface area contributed by atoms with Crippen LogP contribution in [0.5, 0.6) is 0 Å². The lowest BCUT2D eigenvalue weighted by Crippen LogP contribution is -2.26. The summed E-state index contributed by atoms with van der Waals surface area (Å²) in [5.41, 5.74) is 0.909. The molecule has 110 valence electrons. The van der Waals surface area contributed by atoms with Gasteiger partial charge in [-0.15, -0.1) is 0 Å². The molecule has 0 amide bonds. The number of carbonyl (C=O) groups excluding carboxylic acids is 1. The third kappa shape index (κ3) is 3.07. The van der Waals surface area contributed by atoms with Crippen molar-refractivity contribution in [2.24, 2.45) is 0 Å². The monoisotopic (exact) mass is 288 g/mol. The minimum atomic E-state index is -0.596. The second-order valence-electron chi connectivity index (χ2n) is 5.82. The van der Waals surface area contributed by atoms with Crippen LogP contribution in [0.1, 0.15) is 26.3 Å². The van der Waals surface area contributed by atoms with Gasteiger partial charge in [-0.05, 0) is 32.4 Å². The molecule has 21 heavy (non-hydrogen) atoms. The first-order valence-electron chi connectivity index (χ1n) is 6.74. The Labute approximate surface area is 123 Å². The Morgan fingerprint density at radius 3 is 2.62 bits per heavy atom. The van der Waals surface area contributed by atoms with E-state index >= 15 is 0 Å². The van der Waals surface area contributed by atoms with Crippen molar-refractivity contribution >= 4 is 30.5 Å². The number of fused-ring (bicyclic) bond motifs is 1. The Morgan fingerprint density at radius 2 is 2.10 bits per heavy atom. The van der Waals surface area contributed by atoms with E-state index in [0.717, 1.165) is 5.56 Å². The van der Waals surface area contributed by atoms with E-state index in [1.807, 2.05) is 7.85 Å². The van der Waals surface area contributed by atoms with E-state index in [9.17, 15) is 14.9 Å². The Bertz CT molecular complexity index is 716. The maximum Gasteiger partial charge on any atom is 0.418 e. The number of nitro groups is 1. The van der Waals surface area contributed by atoms with E-state index in [0.29, 0.717) is 17.2 Å². The molecule has 2 rings (SSSR count). The fraction of sp³-hybridized carbons (Fsp3) is 0.357. The van der Waals surface area contributed by atoms with Crippen molar-refractivity contribution in [3.63, 3.8) is 0 Å².